The molecule has 0 aliphatic carbocycles. The molecular weight excluding hydrogens is 382 g/mol. The molecule has 2 aromatic carbocycles. The van der Waals surface area contributed by atoms with Gasteiger partial charge in [-0.1, -0.05) is 48.5 Å². The van der Waals surface area contributed by atoms with Gasteiger partial charge in [-0.3, -0.25) is 0 Å². The normalized spacial score (nSPS) is 13.9. The summed E-state index contributed by atoms with van der Waals surface area (Å²) in [7, 11) is -4.01. The van der Waals surface area contributed by atoms with Crippen molar-refractivity contribution >= 4 is 72.4 Å². The zero-order valence-electron chi connectivity index (χ0n) is 11.1. The van der Waals surface area contributed by atoms with E-state index in [2.05, 4.69) is 0 Å². The highest BCUT2D eigenvalue weighted by molar-refractivity contribution is 7.19. The summed E-state index contributed by atoms with van der Waals surface area (Å²) in [5.41, 5.74) is 2.13. The summed E-state index contributed by atoms with van der Waals surface area (Å²) in [5.74, 6) is 0.991. The molecule has 0 spiro atoms. The fraction of sp³-hybridized carbons (Fsp3) is 0.143. The van der Waals surface area contributed by atoms with Crippen LogP contribution in [-0.2, 0) is 15.9 Å². The summed E-state index contributed by atoms with van der Waals surface area (Å²) in [5, 5.41) is 2.03. The van der Waals surface area contributed by atoms with E-state index in [-0.39, 0.29) is 0 Å². The zero-order valence-corrected chi connectivity index (χ0v) is 16.4. The molecule has 0 bridgehead atoms. The van der Waals surface area contributed by atoms with E-state index in [0.29, 0.717) is 11.8 Å². The van der Waals surface area contributed by atoms with Gasteiger partial charge in [-0.15, -0.1) is 45.4 Å². The van der Waals surface area contributed by atoms with E-state index in [1.54, 1.807) is 0 Å². The Morgan fingerprint density at radius 3 is 1.29 bits per heavy atom. The summed E-state index contributed by atoms with van der Waals surface area (Å²) < 4.78 is 5.91. The highest BCUT2D eigenvalue weighted by Crippen LogP contribution is 2.07. The molecule has 0 saturated carbocycles. The first-order valence-electron chi connectivity index (χ1n) is 6.37. The lowest BCUT2D eigenvalue weighted by atomic mass is 10.2. The second-order valence-electron chi connectivity index (χ2n) is 4.52. The molecule has 2 rings (SSSR count). The van der Waals surface area contributed by atoms with Crippen LogP contribution in [-0.4, -0.2) is 16.7 Å². The minimum Gasteiger partial charge on any atom is -0.431 e. The average molecular weight is 396 g/mol. The largest absolute Gasteiger partial charge is 0.431 e. The van der Waals surface area contributed by atoms with Crippen LogP contribution >= 0.6 is 45.4 Å². The van der Waals surface area contributed by atoms with Crippen LogP contribution in [0.4, 0.5) is 0 Å². The van der Waals surface area contributed by atoms with E-state index >= 15 is 0 Å². The fourth-order valence-corrected chi connectivity index (χ4v) is 8.42. The maximum Gasteiger partial charge on any atom is 0.297 e. The third-order valence-electron chi connectivity index (χ3n) is 3.03. The van der Waals surface area contributed by atoms with E-state index in [9.17, 15) is 0 Å². The number of hydrogen-bond donors (Lipinski definition) is 0. The number of benzene rings is 2. The van der Waals surface area contributed by atoms with Crippen molar-refractivity contribution in [1.29, 1.82) is 0 Å². The van der Waals surface area contributed by atoms with Crippen LogP contribution in [0.25, 0.3) is 0 Å². The Balaban J connectivity index is 2.01. The van der Waals surface area contributed by atoms with Gasteiger partial charge in [0.2, 0.25) is 0 Å². The monoisotopic (exact) mass is 394 g/mol. The molecule has 2 atom stereocenters. The van der Waals surface area contributed by atoms with Gasteiger partial charge in [0.05, 0.1) is 0 Å². The van der Waals surface area contributed by atoms with Gasteiger partial charge in [-0.2, -0.15) is 0 Å². The Labute approximate surface area is 147 Å². The van der Waals surface area contributed by atoms with Crippen molar-refractivity contribution in [2.75, 3.05) is 0 Å². The topological polar surface area (TPSA) is 9.23 Å². The van der Waals surface area contributed by atoms with Crippen molar-refractivity contribution in [3.63, 3.8) is 0 Å². The van der Waals surface area contributed by atoms with Gasteiger partial charge < -0.3 is 4.12 Å². The van der Waals surface area contributed by atoms with Crippen molar-refractivity contribution < 1.29 is 4.12 Å². The van der Waals surface area contributed by atoms with Gasteiger partial charge >= 0.3 is 0 Å². The quantitative estimate of drug-likeness (QED) is 0.414. The van der Waals surface area contributed by atoms with E-state index in [1.807, 2.05) is 48.5 Å². The molecule has 0 radical (unpaired) electrons. The van der Waals surface area contributed by atoms with Crippen molar-refractivity contribution in [3.8, 4) is 0 Å². The molecular formula is C14H14Cl4OSi2. The third-order valence-corrected chi connectivity index (χ3v) is 10.7. The Morgan fingerprint density at radius 1 is 0.667 bits per heavy atom. The number of rotatable bonds is 6. The van der Waals surface area contributed by atoms with E-state index < -0.39 is 16.7 Å². The van der Waals surface area contributed by atoms with Gasteiger partial charge in [-0.05, 0) is 21.5 Å². The first-order valence-corrected chi connectivity index (χ1v) is 13.0. The number of halogens is 4. The molecule has 1 nitrogen and oxygen atoms in total. The van der Waals surface area contributed by atoms with Gasteiger partial charge in [0.1, 0.15) is 0 Å². The maximum atomic E-state index is 6.42. The predicted octanol–water partition coefficient (Wildman–Crippen LogP) is 3.21. The summed E-state index contributed by atoms with van der Waals surface area (Å²) >= 11 is 24.4. The molecule has 0 aliphatic rings. The second kappa shape index (κ2) is 8.58. The SMILES string of the molecule is ClCc1ccc([SiH](Cl)O[SiH](Cl)c2ccc(CCl)cc2)cc1. The molecule has 0 N–H and O–H groups in total. The van der Waals surface area contributed by atoms with Crippen molar-refractivity contribution in [1.82, 2.24) is 0 Å². The molecule has 0 aromatic heterocycles. The van der Waals surface area contributed by atoms with Gasteiger partial charge in [-0.25, -0.2) is 0 Å². The summed E-state index contributed by atoms with van der Waals surface area (Å²) in [6, 6.07) is 15.7. The number of alkyl halides is 2. The van der Waals surface area contributed by atoms with Crippen LogP contribution in [0.1, 0.15) is 11.1 Å². The molecule has 112 valence electrons. The first-order chi connectivity index (χ1) is 10.1. The molecule has 2 aromatic rings. The predicted molar refractivity (Wildman–Crippen MR) is 98.4 cm³/mol. The highest BCUT2D eigenvalue weighted by Gasteiger charge is 2.19. The van der Waals surface area contributed by atoms with Gasteiger partial charge in [0, 0.05) is 11.8 Å². The third kappa shape index (κ3) is 5.00. The van der Waals surface area contributed by atoms with E-state index in [4.69, 9.17) is 49.5 Å². The van der Waals surface area contributed by atoms with Crippen molar-refractivity contribution in [2.24, 2.45) is 0 Å². The molecule has 21 heavy (non-hydrogen) atoms. The standard InChI is InChI=1S/C14H14Cl4OSi2/c15-9-11-1-5-13(6-2-11)20(17)19-21(18)14-7-3-12(10-16)4-8-14/h1-8,20-21H,9-10H2. The van der Waals surface area contributed by atoms with E-state index in [0.717, 1.165) is 21.5 Å². The highest BCUT2D eigenvalue weighted by atomic mass is 35.6. The molecule has 0 aliphatic heterocycles. The smallest absolute Gasteiger partial charge is 0.297 e. The second-order valence-corrected chi connectivity index (χ2v) is 11.1. The van der Waals surface area contributed by atoms with Crippen molar-refractivity contribution in [2.45, 2.75) is 11.8 Å². The lowest BCUT2D eigenvalue weighted by molar-refractivity contribution is 0.647. The van der Waals surface area contributed by atoms with Gasteiger partial charge in [0.25, 0.3) is 16.7 Å². The zero-order chi connectivity index (χ0) is 15.2. The van der Waals surface area contributed by atoms with Crippen LogP contribution < -0.4 is 10.4 Å². The van der Waals surface area contributed by atoms with Crippen LogP contribution in [0.15, 0.2) is 48.5 Å². The molecule has 0 amide bonds. The Bertz CT molecular complexity index is 511. The molecule has 0 saturated heterocycles. The fourth-order valence-electron chi connectivity index (χ4n) is 1.78. The average Bonchev–Trinajstić information content (AvgIpc) is 2.55. The lowest BCUT2D eigenvalue weighted by Gasteiger charge is -2.15. The molecule has 7 heteroatoms. The van der Waals surface area contributed by atoms with Crippen LogP contribution in [0, 0.1) is 0 Å². The first kappa shape index (κ1) is 17.3. The minimum absolute atomic E-state index is 0.495. The van der Waals surface area contributed by atoms with Crippen LogP contribution in [0.3, 0.4) is 0 Å². The molecule has 0 fully saturated rings. The minimum atomic E-state index is -2.01. The lowest BCUT2D eigenvalue weighted by Crippen LogP contribution is -2.38. The summed E-state index contributed by atoms with van der Waals surface area (Å²) in [4.78, 5) is 0. The Kier molecular flexibility index (Phi) is 7.09. The van der Waals surface area contributed by atoms with Crippen LogP contribution in [0.2, 0.25) is 0 Å². The Hall–Kier alpha value is -0.00623. The van der Waals surface area contributed by atoms with Crippen molar-refractivity contribution in [3.05, 3.63) is 59.7 Å². The maximum absolute atomic E-state index is 6.42. The molecule has 0 heterocycles. The van der Waals surface area contributed by atoms with E-state index in [1.165, 1.54) is 0 Å². The summed E-state index contributed by atoms with van der Waals surface area (Å²) in [6.45, 7) is 0. The Morgan fingerprint density at radius 2 is 1.00 bits per heavy atom. The summed E-state index contributed by atoms with van der Waals surface area (Å²) in [6.07, 6.45) is 0. The van der Waals surface area contributed by atoms with Gasteiger partial charge in [0.15, 0.2) is 0 Å². The molecule has 2 unspecified atom stereocenters. The van der Waals surface area contributed by atoms with Crippen LogP contribution in [0.5, 0.6) is 0 Å². The number of hydrogen-bond acceptors (Lipinski definition) is 1.